The average molecular weight is 313 g/mol. The summed E-state index contributed by atoms with van der Waals surface area (Å²) in [5.41, 5.74) is 0.888. The summed E-state index contributed by atoms with van der Waals surface area (Å²) in [5, 5.41) is 11.1. The van der Waals surface area contributed by atoms with Crippen molar-refractivity contribution in [3.8, 4) is 5.75 Å². The Morgan fingerprint density at radius 3 is 2.55 bits per heavy atom. The molecule has 0 amide bonds. The molecule has 0 aliphatic heterocycles. The molecule has 1 unspecified atom stereocenters. The van der Waals surface area contributed by atoms with Crippen LogP contribution >= 0.6 is 23.2 Å². The van der Waals surface area contributed by atoms with Gasteiger partial charge >= 0.3 is 0 Å². The summed E-state index contributed by atoms with van der Waals surface area (Å²) in [4.78, 5) is 8.11. The van der Waals surface area contributed by atoms with E-state index in [9.17, 15) is 5.11 Å². The van der Waals surface area contributed by atoms with Gasteiger partial charge in [-0.25, -0.2) is 0 Å². The smallest absolute Gasteiger partial charge is 0.138 e. The third kappa shape index (κ3) is 3.60. The molecular weight excluding hydrogens is 299 g/mol. The van der Waals surface area contributed by atoms with E-state index in [1.54, 1.807) is 18.5 Å². The van der Waals surface area contributed by atoms with Crippen molar-refractivity contribution in [2.24, 2.45) is 0 Å². The first-order valence-corrected chi connectivity index (χ1v) is 6.83. The molecule has 20 heavy (non-hydrogen) atoms. The summed E-state index contributed by atoms with van der Waals surface area (Å²) in [5.74, 6) is 0.585. The van der Waals surface area contributed by atoms with E-state index < -0.39 is 6.10 Å². The van der Waals surface area contributed by atoms with Crippen LogP contribution in [0.2, 0.25) is 10.0 Å². The highest BCUT2D eigenvalue weighted by Crippen LogP contribution is 2.29. The maximum absolute atomic E-state index is 10.3. The van der Waals surface area contributed by atoms with Gasteiger partial charge in [-0.05, 0) is 26.0 Å². The number of pyridine rings is 2. The molecule has 2 aromatic rings. The number of aliphatic hydroxyl groups is 1. The lowest BCUT2D eigenvalue weighted by atomic mass is 10.1. The minimum atomic E-state index is -0.983. The summed E-state index contributed by atoms with van der Waals surface area (Å²) in [6.07, 6.45) is 3.62. The Kier molecular flexibility index (Phi) is 4.81. The molecule has 0 aromatic carbocycles. The SMILES string of the molecule is CC(C)Oc1cncc(C(O)c2ncc(Cl)cc2Cl)c1. The highest BCUT2D eigenvalue weighted by atomic mass is 35.5. The summed E-state index contributed by atoms with van der Waals surface area (Å²) in [6, 6.07) is 3.25. The predicted molar refractivity (Wildman–Crippen MR) is 78.3 cm³/mol. The van der Waals surface area contributed by atoms with Gasteiger partial charge < -0.3 is 9.84 Å². The van der Waals surface area contributed by atoms with Crippen LogP contribution in [-0.4, -0.2) is 21.2 Å². The van der Waals surface area contributed by atoms with Crippen molar-refractivity contribution in [3.05, 3.63) is 52.0 Å². The molecule has 0 saturated heterocycles. The number of rotatable bonds is 4. The highest BCUT2D eigenvalue weighted by molar-refractivity contribution is 6.34. The Hall–Kier alpha value is -1.36. The topological polar surface area (TPSA) is 55.2 Å². The van der Waals surface area contributed by atoms with Crippen LogP contribution in [0.5, 0.6) is 5.75 Å². The lowest BCUT2D eigenvalue weighted by Gasteiger charge is -2.14. The molecule has 0 bridgehead atoms. The predicted octanol–water partition coefficient (Wildman–Crippen LogP) is 3.65. The van der Waals surface area contributed by atoms with E-state index in [-0.39, 0.29) is 6.10 Å². The summed E-state index contributed by atoms with van der Waals surface area (Å²) < 4.78 is 5.54. The molecule has 0 radical (unpaired) electrons. The molecule has 0 aliphatic rings. The third-order valence-electron chi connectivity index (χ3n) is 2.52. The average Bonchev–Trinajstić information content (AvgIpc) is 2.37. The van der Waals surface area contributed by atoms with Crippen molar-refractivity contribution in [2.45, 2.75) is 26.1 Å². The largest absolute Gasteiger partial charge is 0.489 e. The Bertz CT molecular complexity index is 605. The number of ether oxygens (including phenoxy) is 1. The second-order valence-corrected chi connectivity index (χ2v) is 5.39. The Labute approximate surface area is 127 Å². The van der Waals surface area contributed by atoms with E-state index in [2.05, 4.69) is 9.97 Å². The van der Waals surface area contributed by atoms with Crippen molar-refractivity contribution < 1.29 is 9.84 Å². The van der Waals surface area contributed by atoms with Gasteiger partial charge in [-0.15, -0.1) is 0 Å². The fourth-order valence-corrected chi connectivity index (χ4v) is 2.19. The lowest BCUT2D eigenvalue weighted by molar-refractivity contribution is 0.211. The molecule has 1 N–H and O–H groups in total. The fraction of sp³-hybridized carbons (Fsp3) is 0.286. The molecule has 0 fully saturated rings. The lowest BCUT2D eigenvalue weighted by Crippen LogP contribution is -2.08. The first-order chi connectivity index (χ1) is 9.47. The minimum Gasteiger partial charge on any atom is -0.489 e. The minimum absolute atomic E-state index is 0.0291. The number of nitrogens with zero attached hydrogens (tertiary/aromatic N) is 2. The second kappa shape index (κ2) is 6.39. The Balaban J connectivity index is 2.30. The van der Waals surface area contributed by atoms with Crippen LogP contribution < -0.4 is 4.74 Å². The molecule has 2 rings (SSSR count). The number of aromatic nitrogens is 2. The van der Waals surface area contributed by atoms with E-state index in [4.69, 9.17) is 27.9 Å². The molecule has 4 nitrogen and oxygen atoms in total. The van der Waals surface area contributed by atoms with Crippen molar-refractivity contribution in [3.63, 3.8) is 0 Å². The first kappa shape index (κ1) is 15.0. The zero-order valence-electron chi connectivity index (χ0n) is 11.0. The zero-order chi connectivity index (χ0) is 14.7. The second-order valence-electron chi connectivity index (χ2n) is 4.54. The number of halogens is 2. The van der Waals surface area contributed by atoms with Crippen LogP contribution in [0.25, 0.3) is 0 Å². The van der Waals surface area contributed by atoms with Crippen LogP contribution in [0.4, 0.5) is 0 Å². The van der Waals surface area contributed by atoms with E-state index in [1.807, 2.05) is 13.8 Å². The molecule has 0 aliphatic carbocycles. The van der Waals surface area contributed by atoms with Crippen LogP contribution in [0, 0.1) is 0 Å². The highest BCUT2D eigenvalue weighted by Gasteiger charge is 2.17. The molecule has 6 heteroatoms. The monoisotopic (exact) mass is 312 g/mol. The molecule has 1 atom stereocenters. The Morgan fingerprint density at radius 2 is 1.90 bits per heavy atom. The van der Waals surface area contributed by atoms with Gasteiger partial charge in [0, 0.05) is 18.0 Å². The van der Waals surface area contributed by atoms with Crippen LogP contribution in [-0.2, 0) is 0 Å². The summed E-state index contributed by atoms with van der Waals surface area (Å²) in [7, 11) is 0. The van der Waals surface area contributed by atoms with Gasteiger partial charge in [0.2, 0.25) is 0 Å². The maximum atomic E-state index is 10.3. The summed E-state index contributed by atoms with van der Waals surface area (Å²) >= 11 is 11.8. The number of hydrogen-bond donors (Lipinski definition) is 1. The zero-order valence-corrected chi connectivity index (χ0v) is 12.6. The number of hydrogen-bond acceptors (Lipinski definition) is 4. The maximum Gasteiger partial charge on any atom is 0.138 e. The first-order valence-electron chi connectivity index (χ1n) is 6.08. The van der Waals surface area contributed by atoms with Gasteiger partial charge in [0.25, 0.3) is 0 Å². The molecule has 106 valence electrons. The van der Waals surface area contributed by atoms with Crippen molar-refractivity contribution in [2.75, 3.05) is 0 Å². The third-order valence-corrected chi connectivity index (χ3v) is 3.03. The van der Waals surface area contributed by atoms with Gasteiger partial charge in [0.05, 0.1) is 28.0 Å². The van der Waals surface area contributed by atoms with E-state index in [1.165, 1.54) is 12.3 Å². The molecule has 2 aromatic heterocycles. The van der Waals surface area contributed by atoms with Gasteiger partial charge in [0.15, 0.2) is 0 Å². The van der Waals surface area contributed by atoms with Crippen molar-refractivity contribution in [1.82, 2.24) is 9.97 Å². The van der Waals surface area contributed by atoms with Crippen LogP contribution in [0.3, 0.4) is 0 Å². The van der Waals surface area contributed by atoms with Gasteiger partial charge in [-0.1, -0.05) is 23.2 Å². The normalized spacial score (nSPS) is 12.5. The van der Waals surface area contributed by atoms with Crippen molar-refractivity contribution >= 4 is 23.2 Å². The van der Waals surface area contributed by atoms with Crippen LogP contribution in [0.1, 0.15) is 31.2 Å². The Morgan fingerprint density at radius 1 is 1.15 bits per heavy atom. The standard InChI is InChI=1S/C14H14Cl2N2O2/c1-8(2)20-11-3-9(5-17-7-11)14(19)13-12(16)4-10(15)6-18-13/h3-8,14,19H,1-2H3. The molecule has 0 saturated carbocycles. The van der Waals surface area contributed by atoms with E-state index in [0.29, 0.717) is 27.1 Å². The van der Waals surface area contributed by atoms with Crippen LogP contribution in [0.15, 0.2) is 30.7 Å². The van der Waals surface area contributed by atoms with Crippen molar-refractivity contribution in [1.29, 1.82) is 0 Å². The quantitative estimate of drug-likeness (QED) is 0.936. The molecular formula is C14H14Cl2N2O2. The van der Waals surface area contributed by atoms with E-state index >= 15 is 0 Å². The number of aliphatic hydroxyl groups excluding tert-OH is 1. The van der Waals surface area contributed by atoms with Gasteiger partial charge in [-0.2, -0.15) is 0 Å². The van der Waals surface area contributed by atoms with Gasteiger partial charge in [-0.3, -0.25) is 9.97 Å². The van der Waals surface area contributed by atoms with Gasteiger partial charge in [0.1, 0.15) is 11.9 Å². The van der Waals surface area contributed by atoms with E-state index in [0.717, 1.165) is 0 Å². The summed E-state index contributed by atoms with van der Waals surface area (Å²) in [6.45, 7) is 3.83. The fourth-order valence-electron chi connectivity index (χ4n) is 1.71. The molecule has 0 spiro atoms. The molecule has 2 heterocycles.